The van der Waals surface area contributed by atoms with Crippen molar-refractivity contribution in [3.8, 4) is 0 Å². The summed E-state index contributed by atoms with van der Waals surface area (Å²) in [5.41, 5.74) is 10.5. The molecule has 1 aromatic carbocycles. The first kappa shape index (κ1) is 14.1. The minimum atomic E-state index is 0.447. The van der Waals surface area contributed by atoms with Crippen molar-refractivity contribution in [3.05, 3.63) is 59.4 Å². The molecule has 0 aliphatic rings. The van der Waals surface area contributed by atoms with E-state index in [-0.39, 0.29) is 0 Å². The van der Waals surface area contributed by atoms with Crippen LogP contribution in [0.1, 0.15) is 16.7 Å². The lowest BCUT2D eigenvalue weighted by atomic mass is 10.1. The molecule has 0 spiro atoms. The Kier molecular flexibility index (Phi) is 4.71. The maximum absolute atomic E-state index is 5.88. The second kappa shape index (κ2) is 6.70. The van der Waals surface area contributed by atoms with Crippen molar-refractivity contribution in [2.24, 2.45) is 10.7 Å². The van der Waals surface area contributed by atoms with E-state index >= 15 is 0 Å². The molecule has 1 heterocycles. The van der Waals surface area contributed by atoms with E-state index in [0.717, 1.165) is 12.1 Å². The predicted octanol–water partition coefficient (Wildman–Crippen LogP) is 2.67. The molecular formula is C16H20N4. The summed E-state index contributed by atoms with van der Waals surface area (Å²) < 4.78 is 0. The molecule has 0 aliphatic carbocycles. The monoisotopic (exact) mass is 268 g/mol. The molecule has 0 saturated heterocycles. The summed E-state index contributed by atoms with van der Waals surface area (Å²) in [4.78, 5) is 8.43. The number of benzene rings is 1. The summed E-state index contributed by atoms with van der Waals surface area (Å²) in [6.45, 7) is 4.76. The smallest absolute Gasteiger partial charge is 0.193 e. The van der Waals surface area contributed by atoms with Gasteiger partial charge in [0.15, 0.2) is 5.96 Å². The lowest BCUT2D eigenvalue weighted by Gasteiger charge is -2.07. The van der Waals surface area contributed by atoms with E-state index in [1.54, 1.807) is 6.20 Å². The van der Waals surface area contributed by atoms with Gasteiger partial charge in [-0.1, -0.05) is 12.1 Å². The number of rotatable bonds is 4. The topological polar surface area (TPSA) is 63.3 Å². The third-order valence-electron chi connectivity index (χ3n) is 3.09. The number of anilines is 1. The average Bonchev–Trinajstić information content (AvgIpc) is 2.41. The number of nitrogens with one attached hydrogen (secondary N) is 1. The molecule has 2 rings (SSSR count). The molecule has 0 fully saturated rings. The zero-order valence-electron chi connectivity index (χ0n) is 11.9. The predicted molar refractivity (Wildman–Crippen MR) is 84.0 cm³/mol. The van der Waals surface area contributed by atoms with Gasteiger partial charge in [0.05, 0.1) is 0 Å². The summed E-state index contributed by atoms with van der Waals surface area (Å²) in [6, 6.07) is 10.1. The van der Waals surface area contributed by atoms with Gasteiger partial charge in [-0.05, 0) is 55.2 Å². The van der Waals surface area contributed by atoms with Gasteiger partial charge in [-0.3, -0.25) is 9.98 Å². The molecule has 20 heavy (non-hydrogen) atoms. The molecule has 4 heteroatoms. The first-order chi connectivity index (χ1) is 9.65. The third kappa shape index (κ3) is 4.09. The summed E-state index contributed by atoms with van der Waals surface area (Å²) >= 11 is 0. The highest BCUT2D eigenvalue weighted by Gasteiger charge is 1.98. The summed E-state index contributed by atoms with van der Waals surface area (Å²) in [5.74, 6) is 0.447. The van der Waals surface area contributed by atoms with E-state index in [1.165, 1.54) is 16.7 Å². The van der Waals surface area contributed by atoms with Crippen LogP contribution in [0.5, 0.6) is 0 Å². The first-order valence-electron chi connectivity index (χ1n) is 6.68. The van der Waals surface area contributed by atoms with E-state index in [4.69, 9.17) is 5.73 Å². The van der Waals surface area contributed by atoms with Gasteiger partial charge in [-0.25, -0.2) is 0 Å². The largest absolute Gasteiger partial charge is 0.370 e. The van der Waals surface area contributed by atoms with Crippen LogP contribution in [0.25, 0.3) is 0 Å². The number of nitrogens with two attached hydrogens (primary N) is 1. The van der Waals surface area contributed by atoms with Gasteiger partial charge in [-0.2, -0.15) is 0 Å². The zero-order valence-corrected chi connectivity index (χ0v) is 11.9. The van der Waals surface area contributed by atoms with Crippen LogP contribution < -0.4 is 11.1 Å². The van der Waals surface area contributed by atoms with Crippen LogP contribution in [0.15, 0.2) is 47.7 Å². The Bertz CT molecular complexity index is 605. The van der Waals surface area contributed by atoms with Crippen molar-refractivity contribution in [2.75, 3.05) is 11.9 Å². The number of nitrogens with zero attached hydrogens (tertiary/aromatic N) is 2. The van der Waals surface area contributed by atoms with E-state index in [1.807, 2.05) is 43.5 Å². The minimum absolute atomic E-state index is 0.447. The van der Waals surface area contributed by atoms with Crippen molar-refractivity contribution in [3.63, 3.8) is 0 Å². The number of pyridine rings is 1. The van der Waals surface area contributed by atoms with E-state index in [2.05, 4.69) is 22.2 Å². The molecule has 0 bridgehead atoms. The first-order valence-corrected chi connectivity index (χ1v) is 6.68. The Hall–Kier alpha value is -2.36. The molecule has 3 N–H and O–H groups in total. The SMILES string of the molecule is Cc1cccc(NC(N)=NCCc2ccncc2C)c1. The van der Waals surface area contributed by atoms with Crippen molar-refractivity contribution in [1.29, 1.82) is 0 Å². The Balaban J connectivity index is 1.90. The Labute approximate surface area is 119 Å². The van der Waals surface area contributed by atoms with Gasteiger partial charge in [0, 0.05) is 24.6 Å². The van der Waals surface area contributed by atoms with Gasteiger partial charge in [0.2, 0.25) is 0 Å². The second-order valence-corrected chi connectivity index (χ2v) is 4.81. The lowest BCUT2D eigenvalue weighted by Crippen LogP contribution is -2.23. The standard InChI is InChI=1S/C16H20N4/c1-12-4-3-5-15(10-12)20-16(17)19-9-7-14-6-8-18-11-13(14)2/h3-6,8,10-11H,7,9H2,1-2H3,(H3,17,19,20). The molecule has 0 radical (unpaired) electrons. The molecule has 4 nitrogen and oxygen atoms in total. The Morgan fingerprint density at radius 1 is 1.30 bits per heavy atom. The summed E-state index contributed by atoms with van der Waals surface area (Å²) in [6.07, 6.45) is 4.54. The van der Waals surface area contributed by atoms with Crippen LogP contribution in [0.2, 0.25) is 0 Å². The fourth-order valence-electron chi connectivity index (χ4n) is 1.99. The average molecular weight is 268 g/mol. The van der Waals surface area contributed by atoms with Crippen molar-refractivity contribution in [1.82, 2.24) is 4.98 Å². The summed E-state index contributed by atoms with van der Waals surface area (Å²) in [7, 11) is 0. The molecule has 1 aromatic heterocycles. The van der Waals surface area contributed by atoms with Crippen molar-refractivity contribution in [2.45, 2.75) is 20.3 Å². The summed E-state index contributed by atoms with van der Waals surface area (Å²) in [5, 5.41) is 3.10. The van der Waals surface area contributed by atoms with Gasteiger partial charge < -0.3 is 11.1 Å². The van der Waals surface area contributed by atoms with Crippen LogP contribution in [-0.2, 0) is 6.42 Å². The maximum atomic E-state index is 5.88. The zero-order chi connectivity index (χ0) is 14.4. The number of hydrogen-bond donors (Lipinski definition) is 2. The van der Waals surface area contributed by atoms with Gasteiger partial charge in [-0.15, -0.1) is 0 Å². The molecule has 0 atom stereocenters. The van der Waals surface area contributed by atoms with Gasteiger partial charge in [0.1, 0.15) is 0 Å². The van der Waals surface area contributed by atoms with Crippen LogP contribution in [-0.4, -0.2) is 17.5 Å². The molecule has 104 valence electrons. The molecule has 0 saturated carbocycles. The minimum Gasteiger partial charge on any atom is -0.370 e. The Morgan fingerprint density at radius 2 is 2.15 bits per heavy atom. The fourth-order valence-corrected chi connectivity index (χ4v) is 1.99. The lowest BCUT2D eigenvalue weighted by molar-refractivity contribution is 0.948. The molecular weight excluding hydrogens is 248 g/mol. The van der Waals surface area contributed by atoms with E-state index in [9.17, 15) is 0 Å². The molecule has 0 unspecified atom stereocenters. The highest BCUT2D eigenvalue weighted by Crippen LogP contribution is 2.09. The highest BCUT2D eigenvalue weighted by molar-refractivity contribution is 5.92. The van der Waals surface area contributed by atoms with E-state index < -0.39 is 0 Å². The molecule has 0 amide bonds. The molecule has 0 aliphatic heterocycles. The van der Waals surface area contributed by atoms with Crippen LogP contribution in [0, 0.1) is 13.8 Å². The quantitative estimate of drug-likeness (QED) is 0.662. The van der Waals surface area contributed by atoms with Crippen LogP contribution in [0.4, 0.5) is 5.69 Å². The van der Waals surface area contributed by atoms with Crippen LogP contribution >= 0.6 is 0 Å². The second-order valence-electron chi connectivity index (χ2n) is 4.81. The number of aliphatic imine (C=N–C) groups is 1. The number of aromatic nitrogens is 1. The number of hydrogen-bond acceptors (Lipinski definition) is 2. The van der Waals surface area contributed by atoms with Crippen molar-refractivity contribution >= 4 is 11.6 Å². The fraction of sp³-hybridized carbons (Fsp3) is 0.250. The van der Waals surface area contributed by atoms with Gasteiger partial charge >= 0.3 is 0 Å². The Morgan fingerprint density at radius 3 is 2.90 bits per heavy atom. The third-order valence-corrected chi connectivity index (χ3v) is 3.09. The van der Waals surface area contributed by atoms with Gasteiger partial charge in [0.25, 0.3) is 0 Å². The normalized spacial score (nSPS) is 11.4. The highest BCUT2D eigenvalue weighted by atomic mass is 15.1. The molecule has 2 aromatic rings. The maximum Gasteiger partial charge on any atom is 0.193 e. The van der Waals surface area contributed by atoms with E-state index in [0.29, 0.717) is 12.5 Å². The number of aryl methyl sites for hydroxylation is 2. The number of guanidine groups is 1. The van der Waals surface area contributed by atoms with Crippen LogP contribution in [0.3, 0.4) is 0 Å². The van der Waals surface area contributed by atoms with Crippen molar-refractivity contribution < 1.29 is 0 Å².